The van der Waals surface area contributed by atoms with Gasteiger partial charge in [-0.25, -0.2) is 9.59 Å². The second-order valence-corrected chi connectivity index (χ2v) is 6.85. The number of carbonyl (C=O) groups is 2. The first kappa shape index (κ1) is 21.3. The van der Waals surface area contributed by atoms with Crippen molar-refractivity contribution in [2.24, 2.45) is 0 Å². The Morgan fingerprint density at radius 1 is 0.893 bits per heavy atom. The van der Waals surface area contributed by atoms with E-state index in [0.717, 1.165) is 6.07 Å². The highest BCUT2D eigenvalue weighted by molar-refractivity contribution is 5.96. The third-order valence-electron chi connectivity index (χ3n) is 3.24. The van der Waals surface area contributed by atoms with E-state index in [1.54, 1.807) is 39.0 Å². The maximum absolute atomic E-state index is 12.9. The van der Waals surface area contributed by atoms with Crippen LogP contribution in [0.4, 0.5) is 18.0 Å². The third kappa shape index (κ3) is 6.61. The van der Waals surface area contributed by atoms with Crippen LogP contribution in [0.25, 0.3) is 0 Å². The predicted octanol–water partition coefficient (Wildman–Crippen LogP) is 5.32. The molecule has 0 heterocycles. The number of carbonyl (C=O) groups excluding carboxylic acids is 2. The van der Waals surface area contributed by atoms with Crippen LogP contribution in [0.5, 0.6) is 11.5 Å². The number of ether oxygens (including phenoxy) is 3. The summed E-state index contributed by atoms with van der Waals surface area (Å²) in [6, 6.07) is 11.4. The fraction of sp³-hybridized carbons (Fsp3) is 0.300. The largest absolute Gasteiger partial charge is 0.514 e. The normalized spacial score (nSPS) is 11.6. The molecule has 0 aliphatic heterocycles. The molecule has 2 aromatic carbocycles. The Balaban J connectivity index is 2.39. The monoisotopic (exact) mass is 396 g/mol. The minimum Gasteiger partial charge on any atom is -0.428 e. The number of hydrogen-bond acceptors (Lipinski definition) is 5. The molecule has 0 atom stereocenters. The van der Waals surface area contributed by atoms with Crippen molar-refractivity contribution in [2.75, 3.05) is 0 Å². The summed E-state index contributed by atoms with van der Waals surface area (Å²) in [5.41, 5.74) is -1.75. The van der Waals surface area contributed by atoms with Crippen LogP contribution in [-0.4, -0.2) is 23.9 Å². The molecule has 0 fully saturated rings. The number of halogens is 3. The minimum absolute atomic E-state index is 0.137. The van der Waals surface area contributed by atoms with E-state index in [-0.39, 0.29) is 17.1 Å². The molecule has 5 nitrogen and oxygen atoms in total. The molecular weight excluding hydrogens is 377 g/mol. The fourth-order valence-electron chi connectivity index (χ4n) is 2.26. The molecule has 0 spiro atoms. The number of rotatable bonds is 4. The molecule has 0 unspecified atom stereocenters. The van der Waals surface area contributed by atoms with Crippen LogP contribution in [0.3, 0.4) is 0 Å². The van der Waals surface area contributed by atoms with Crippen molar-refractivity contribution >= 4 is 12.1 Å². The second kappa shape index (κ2) is 8.33. The minimum atomic E-state index is -4.58. The van der Waals surface area contributed by atoms with Crippen molar-refractivity contribution < 1.29 is 37.0 Å². The van der Waals surface area contributed by atoms with Crippen LogP contribution >= 0.6 is 0 Å². The van der Waals surface area contributed by atoms with Gasteiger partial charge in [0.25, 0.3) is 0 Å². The molecule has 0 radical (unpaired) electrons. The Hall–Kier alpha value is -3.03. The molecule has 8 heteroatoms. The molecule has 0 saturated carbocycles. The first-order chi connectivity index (χ1) is 12.9. The van der Waals surface area contributed by atoms with Gasteiger partial charge < -0.3 is 14.2 Å². The van der Waals surface area contributed by atoms with Crippen LogP contribution in [0.2, 0.25) is 0 Å². The first-order valence-corrected chi connectivity index (χ1v) is 8.31. The van der Waals surface area contributed by atoms with Gasteiger partial charge in [-0.3, -0.25) is 0 Å². The summed E-state index contributed by atoms with van der Waals surface area (Å²) in [5, 5.41) is 0. The average molecular weight is 396 g/mol. The number of alkyl halides is 3. The SMILES string of the molecule is CC(C)(C)OC(=O)Oc1cccc(CC(F)(F)F)c1C(=O)Oc1ccccc1. The average Bonchev–Trinajstić information content (AvgIpc) is 2.52. The van der Waals surface area contributed by atoms with Crippen LogP contribution in [0.15, 0.2) is 48.5 Å². The van der Waals surface area contributed by atoms with Crippen molar-refractivity contribution in [2.45, 2.75) is 39.0 Å². The number of benzene rings is 2. The van der Waals surface area contributed by atoms with Gasteiger partial charge in [0.2, 0.25) is 0 Å². The zero-order valence-electron chi connectivity index (χ0n) is 15.5. The number of esters is 1. The molecule has 0 N–H and O–H groups in total. The Morgan fingerprint density at radius 2 is 1.54 bits per heavy atom. The molecular formula is C20H19F3O5. The van der Waals surface area contributed by atoms with Crippen LogP contribution in [-0.2, 0) is 11.2 Å². The first-order valence-electron chi connectivity index (χ1n) is 8.31. The molecule has 0 saturated heterocycles. The summed E-state index contributed by atoms with van der Waals surface area (Å²) in [5.74, 6) is -1.32. The molecule has 0 bridgehead atoms. The molecule has 0 aliphatic carbocycles. The highest BCUT2D eigenvalue weighted by Crippen LogP contribution is 2.30. The predicted molar refractivity (Wildman–Crippen MR) is 94.5 cm³/mol. The quantitative estimate of drug-likeness (QED) is 0.397. The highest BCUT2D eigenvalue weighted by atomic mass is 19.4. The van der Waals surface area contributed by atoms with Crippen LogP contribution < -0.4 is 9.47 Å². The molecule has 0 aliphatic rings. The van der Waals surface area contributed by atoms with Gasteiger partial charge in [0, 0.05) is 0 Å². The Labute approximate surface area is 160 Å². The Bertz CT molecular complexity index is 839. The van der Waals surface area contributed by atoms with Gasteiger partial charge in [-0.1, -0.05) is 30.3 Å². The zero-order valence-corrected chi connectivity index (χ0v) is 15.5. The van der Waals surface area contributed by atoms with E-state index in [1.165, 1.54) is 24.3 Å². The van der Waals surface area contributed by atoms with Crippen LogP contribution in [0.1, 0.15) is 36.7 Å². The van der Waals surface area contributed by atoms with E-state index < -0.39 is 35.9 Å². The van der Waals surface area contributed by atoms with E-state index in [2.05, 4.69) is 0 Å². The van der Waals surface area contributed by atoms with E-state index in [9.17, 15) is 22.8 Å². The third-order valence-corrected chi connectivity index (χ3v) is 3.24. The Kier molecular flexibility index (Phi) is 6.33. The van der Waals surface area contributed by atoms with Gasteiger partial charge in [0.15, 0.2) is 0 Å². The second-order valence-electron chi connectivity index (χ2n) is 6.85. The molecule has 2 aromatic rings. The summed E-state index contributed by atoms with van der Waals surface area (Å²) >= 11 is 0. The lowest BCUT2D eigenvalue weighted by Crippen LogP contribution is -2.27. The molecule has 0 aromatic heterocycles. The van der Waals surface area contributed by atoms with Crippen molar-refractivity contribution in [1.29, 1.82) is 0 Å². The summed E-state index contributed by atoms with van der Waals surface area (Å²) in [6.07, 6.45) is -7.12. The standard InChI is InChI=1S/C20H19F3O5/c1-19(2,3)28-18(25)27-15-11-7-8-13(12-20(21,22)23)16(15)17(24)26-14-9-5-4-6-10-14/h4-11H,12H2,1-3H3. The van der Waals surface area contributed by atoms with E-state index in [1.807, 2.05) is 0 Å². The summed E-state index contributed by atoms with van der Waals surface area (Å²) < 4.78 is 54.0. The number of hydrogen-bond donors (Lipinski definition) is 0. The lowest BCUT2D eigenvalue weighted by molar-refractivity contribution is -0.127. The zero-order chi connectivity index (χ0) is 20.9. The lowest BCUT2D eigenvalue weighted by atomic mass is 10.0. The van der Waals surface area contributed by atoms with Gasteiger partial charge >= 0.3 is 18.3 Å². The molecule has 150 valence electrons. The van der Waals surface area contributed by atoms with E-state index in [0.29, 0.717) is 0 Å². The van der Waals surface area contributed by atoms with Gasteiger partial charge in [-0.15, -0.1) is 0 Å². The summed E-state index contributed by atoms with van der Waals surface area (Å²) in [7, 11) is 0. The van der Waals surface area contributed by atoms with E-state index >= 15 is 0 Å². The fourth-order valence-corrected chi connectivity index (χ4v) is 2.26. The van der Waals surface area contributed by atoms with E-state index in [4.69, 9.17) is 14.2 Å². The van der Waals surface area contributed by atoms with Crippen molar-refractivity contribution in [1.82, 2.24) is 0 Å². The topological polar surface area (TPSA) is 61.8 Å². The maximum atomic E-state index is 12.9. The van der Waals surface area contributed by atoms with Gasteiger partial charge in [-0.2, -0.15) is 13.2 Å². The highest BCUT2D eigenvalue weighted by Gasteiger charge is 2.32. The molecule has 0 amide bonds. The van der Waals surface area contributed by atoms with Crippen LogP contribution in [0, 0.1) is 0 Å². The van der Waals surface area contributed by atoms with Crippen molar-refractivity contribution in [3.05, 3.63) is 59.7 Å². The number of para-hydroxylation sites is 1. The van der Waals surface area contributed by atoms with Gasteiger partial charge in [0.1, 0.15) is 22.7 Å². The smallest absolute Gasteiger partial charge is 0.428 e. The molecule has 28 heavy (non-hydrogen) atoms. The maximum Gasteiger partial charge on any atom is 0.514 e. The Morgan fingerprint density at radius 3 is 2.11 bits per heavy atom. The van der Waals surface area contributed by atoms with Gasteiger partial charge in [-0.05, 0) is 44.5 Å². The lowest BCUT2D eigenvalue weighted by Gasteiger charge is -2.20. The van der Waals surface area contributed by atoms with Crippen molar-refractivity contribution in [3.63, 3.8) is 0 Å². The summed E-state index contributed by atoms with van der Waals surface area (Å²) in [6.45, 7) is 4.79. The van der Waals surface area contributed by atoms with Gasteiger partial charge in [0.05, 0.1) is 6.42 Å². The van der Waals surface area contributed by atoms with Crippen molar-refractivity contribution in [3.8, 4) is 11.5 Å². The molecule has 2 rings (SSSR count). The summed E-state index contributed by atoms with van der Waals surface area (Å²) in [4.78, 5) is 24.5.